The molecule has 0 radical (unpaired) electrons. The van der Waals surface area contributed by atoms with E-state index < -0.39 is 42.2 Å². The number of carbonyl (C=O) groups is 4. The Morgan fingerprint density at radius 3 is 2.04 bits per heavy atom. The van der Waals surface area contributed by atoms with E-state index in [2.05, 4.69) is 32.8 Å². The van der Waals surface area contributed by atoms with Gasteiger partial charge in [-0.3, -0.25) is 19.2 Å². The number of hydrogen-bond donors (Lipinski definition) is 4. The van der Waals surface area contributed by atoms with Gasteiger partial charge >= 0.3 is 5.97 Å². The number of likely N-dealkylation sites (N-methyl/N-ethyl adjacent to an activating group) is 1. The molecular weight excluding hydrogens is 679 g/mol. The van der Waals surface area contributed by atoms with Gasteiger partial charge in [0.05, 0.1) is 17.9 Å². The molecule has 0 aliphatic carbocycles. The zero-order valence-corrected chi connectivity index (χ0v) is 31.3. The number of carboxylic acid groups (broad SMARTS) is 1. The minimum atomic E-state index is -1.32. The second-order valence-electron chi connectivity index (χ2n) is 13.7. The van der Waals surface area contributed by atoms with Crippen LogP contribution in [0, 0.1) is 0 Å². The number of nitrogens with one attached hydrogen (secondary N) is 3. The Hall–Kier alpha value is -5.10. The van der Waals surface area contributed by atoms with Crippen molar-refractivity contribution < 1.29 is 29.0 Å². The Labute approximate surface area is 309 Å². The van der Waals surface area contributed by atoms with E-state index in [1.807, 2.05) is 75.4 Å². The summed E-state index contributed by atoms with van der Waals surface area (Å²) in [6, 6.07) is 16.4. The van der Waals surface area contributed by atoms with Crippen LogP contribution < -0.4 is 20.7 Å². The molecule has 2 aromatic heterocycles. The number of hydrogen-bond acceptors (Lipinski definition) is 8. The molecule has 4 rings (SSSR count). The van der Waals surface area contributed by atoms with Gasteiger partial charge in [-0.15, -0.1) is 11.3 Å². The summed E-state index contributed by atoms with van der Waals surface area (Å²) in [4.78, 5) is 61.2. The highest BCUT2D eigenvalue weighted by atomic mass is 32.1. The van der Waals surface area contributed by atoms with Gasteiger partial charge in [-0.25, -0.2) is 9.97 Å². The maximum Gasteiger partial charge on any atom is 0.305 e. The predicted molar refractivity (Wildman–Crippen MR) is 203 cm³/mol. The first-order valence-electron chi connectivity index (χ1n) is 17.7. The molecule has 52 heavy (non-hydrogen) atoms. The van der Waals surface area contributed by atoms with Crippen molar-refractivity contribution in [3.63, 3.8) is 0 Å². The molecule has 0 spiro atoms. The van der Waals surface area contributed by atoms with E-state index in [4.69, 9.17) is 4.74 Å². The second-order valence-corrected chi connectivity index (χ2v) is 14.8. The normalized spacial score (nSPS) is 12.4. The number of unbranched alkanes of at least 4 members (excludes halogenated alkanes) is 4. The molecule has 2 aromatic carbocycles. The molecule has 4 N–H and O–H groups in total. The SMILES string of the molecule is CCCCCCCOc1ccc(-c2cnc(-c3ccc(C[C@H](NC(=O)c4ccc(C(C)(C)C)s4)C(=O)N[C@@H](CC(=O)O)C(=O)NC)cc3)nc2)cc1. The fourth-order valence-electron chi connectivity index (χ4n) is 5.42. The molecule has 0 aliphatic heterocycles. The summed E-state index contributed by atoms with van der Waals surface area (Å²) >= 11 is 1.34. The van der Waals surface area contributed by atoms with Crippen molar-refractivity contribution in [3.05, 3.63) is 88.4 Å². The quantitative estimate of drug-likeness (QED) is 0.0839. The Balaban J connectivity index is 1.44. The third-order valence-electron chi connectivity index (χ3n) is 8.46. The van der Waals surface area contributed by atoms with E-state index in [-0.39, 0.29) is 11.8 Å². The van der Waals surface area contributed by atoms with Crippen molar-refractivity contribution in [2.45, 2.75) is 90.1 Å². The molecule has 0 saturated heterocycles. The molecule has 4 aromatic rings. The molecule has 3 amide bonds. The third-order valence-corrected chi connectivity index (χ3v) is 9.97. The van der Waals surface area contributed by atoms with E-state index >= 15 is 0 Å². The Morgan fingerprint density at radius 1 is 0.788 bits per heavy atom. The van der Waals surface area contributed by atoms with Crippen LogP contribution in [-0.4, -0.2) is 64.5 Å². The van der Waals surface area contributed by atoms with Crippen LogP contribution in [0.5, 0.6) is 5.75 Å². The molecule has 2 heterocycles. The lowest BCUT2D eigenvalue weighted by Crippen LogP contribution is -2.54. The maximum atomic E-state index is 13.5. The molecular formula is C40H49N5O6S. The van der Waals surface area contributed by atoms with Crippen LogP contribution in [0.3, 0.4) is 0 Å². The summed E-state index contributed by atoms with van der Waals surface area (Å²) in [6.45, 7) is 9.06. The number of carbonyl (C=O) groups excluding carboxylic acids is 3. The number of nitrogens with zero attached hydrogens (tertiary/aromatic N) is 2. The number of thiophene rings is 1. The smallest absolute Gasteiger partial charge is 0.305 e. The number of ether oxygens (including phenoxy) is 1. The van der Waals surface area contributed by atoms with Gasteiger partial charge in [0, 0.05) is 41.9 Å². The summed E-state index contributed by atoms with van der Waals surface area (Å²) in [5.74, 6) is -1.67. The van der Waals surface area contributed by atoms with E-state index in [1.165, 1.54) is 44.1 Å². The average Bonchev–Trinajstić information content (AvgIpc) is 3.65. The van der Waals surface area contributed by atoms with Crippen LogP contribution in [0.15, 0.2) is 73.1 Å². The van der Waals surface area contributed by atoms with Crippen molar-refractivity contribution in [1.82, 2.24) is 25.9 Å². The Morgan fingerprint density at radius 2 is 1.44 bits per heavy atom. The topological polar surface area (TPSA) is 160 Å². The minimum Gasteiger partial charge on any atom is -0.494 e. The van der Waals surface area contributed by atoms with Crippen LogP contribution >= 0.6 is 11.3 Å². The van der Waals surface area contributed by atoms with Gasteiger partial charge in [-0.05, 0) is 47.2 Å². The molecule has 0 fully saturated rings. The fourth-order valence-corrected chi connectivity index (χ4v) is 6.39. The van der Waals surface area contributed by atoms with Gasteiger partial charge in [0.1, 0.15) is 17.8 Å². The van der Waals surface area contributed by atoms with Gasteiger partial charge < -0.3 is 25.8 Å². The maximum absolute atomic E-state index is 13.5. The first kappa shape index (κ1) is 39.7. The standard InChI is InChI=1S/C40H49N5O6S/c1-6-7-8-9-10-21-51-30-17-15-27(16-18-30)29-24-42-36(43-25-29)28-13-11-26(12-14-28)22-31(38(49)44-32(23-35(46)47)37(48)41-5)45-39(50)33-19-20-34(52-33)40(2,3)4/h11-20,24-25,31-32H,6-10,21-23H2,1-5H3,(H,41,48)(H,44,49)(H,45,50)(H,46,47)/t31-,32-/m0/s1. The van der Waals surface area contributed by atoms with Crippen molar-refractivity contribution in [1.29, 1.82) is 0 Å². The summed E-state index contributed by atoms with van der Waals surface area (Å²) in [5.41, 5.74) is 3.17. The first-order chi connectivity index (χ1) is 24.9. The van der Waals surface area contributed by atoms with Crippen LogP contribution in [0.25, 0.3) is 22.5 Å². The van der Waals surface area contributed by atoms with Crippen LogP contribution in [0.1, 0.15) is 86.3 Å². The van der Waals surface area contributed by atoms with E-state index in [0.717, 1.165) is 39.3 Å². The summed E-state index contributed by atoms with van der Waals surface area (Å²) in [5, 5.41) is 17.0. The van der Waals surface area contributed by atoms with Crippen molar-refractivity contribution in [2.75, 3.05) is 13.7 Å². The molecule has 12 heteroatoms. The van der Waals surface area contributed by atoms with Gasteiger partial charge in [0.15, 0.2) is 5.82 Å². The number of carboxylic acids is 1. The first-order valence-corrected chi connectivity index (χ1v) is 18.5. The third kappa shape index (κ3) is 11.7. The number of aromatic nitrogens is 2. The number of rotatable bonds is 18. The lowest BCUT2D eigenvalue weighted by Gasteiger charge is -2.22. The largest absolute Gasteiger partial charge is 0.494 e. The highest BCUT2D eigenvalue weighted by Crippen LogP contribution is 2.29. The fraction of sp³-hybridized carbons (Fsp3) is 0.400. The van der Waals surface area contributed by atoms with E-state index in [9.17, 15) is 24.3 Å². The second kappa shape index (κ2) is 18.9. The van der Waals surface area contributed by atoms with Gasteiger partial charge in [0.2, 0.25) is 11.8 Å². The number of aliphatic carboxylic acids is 1. The van der Waals surface area contributed by atoms with Gasteiger partial charge in [0.25, 0.3) is 5.91 Å². The monoisotopic (exact) mass is 727 g/mol. The summed E-state index contributed by atoms with van der Waals surface area (Å²) in [7, 11) is 1.36. The number of amides is 3. The van der Waals surface area contributed by atoms with E-state index in [0.29, 0.717) is 17.3 Å². The molecule has 276 valence electrons. The predicted octanol–water partition coefficient (Wildman–Crippen LogP) is 6.57. The average molecular weight is 728 g/mol. The van der Waals surface area contributed by atoms with Gasteiger partial charge in [-0.2, -0.15) is 0 Å². The lowest BCUT2D eigenvalue weighted by molar-refractivity contribution is -0.140. The summed E-state index contributed by atoms with van der Waals surface area (Å²) in [6.07, 6.45) is 8.97. The molecule has 0 unspecified atom stereocenters. The summed E-state index contributed by atoms with van der Waals surface area (Å²) < 4.78 is 5.89. The molecule has 0 bridgehead atoms. The minimum absolute atomic E-state index is 0.0846. The Kier molecular flexibility index (Phi) is 14.5. The molecule has 11 nitrogen and oxygen atoms in total. The van der Waals surface area contributed by atoms with E-state index in [1.54, 1.807) is 18.5 Å². The molecule has 2 atom stereocenters. The van der Waals surface area contributed by atoms with Crippen molar-refractivity contribution in [3.8, 4) is 28.3 Å². The van der Waals surface area contributed by atoms with Crippen LogP contribution in [0.4, 0.5) is 0 Å². The highest BCUT2D eigenvalue weighted by Gasteiger charge is 2.29. The van der Waals surface area contributed by atoms with Crippen molar-refractivity contribution >= 4 is 35.0 Å². The molecule has 0 saturated carbocycles. The van der Waals surface area contributed by atoms with Crippen LogP contribution in [-0.2, 0) is 26.2 Å². The molecule has 0 aliphatic rings. The zero-order valence-electron chi connectivity index (χ0n) is 30.5. The van der Waals surface area contributed by atoms with Gasteiger partial charge in [-0.1, -0.05) is 89.8 Å². The Bertz CT molecular complexity index is 1780. The highest BCUT2D eigenvalue weighted by molar-refractivity contribution is 7.14. The zero-order chi connectivity index (χ0) is 37.7. The van der Waals surface area contributed by atoms with Crippen LogP contribution in [0.2, 0.25) is 0 Å². The lowest BCUT2D eigenvalue weighted by atomic mass is 9.95. The number of benzene rings is 2. The van der Waals surface area contributed by atoms with Crippen molar-refractivity contribution in [2.24, 2.45) is 0 Å².